The van der Waals surface area contributed by atoms with E-state index in [2.05, 4.69) is 23.9 Å². The summed E-state index contributed by atoms with van der Waals surface area (Å²) in [5, 5.41) is 9.44. The molecule has 0 aliphatic carbocycles. The Bertz CT molecular complexity index is 296. The summed E-state index contributed by atoms with van der Waals surface area (Å²) in [6, 6.07) is 0.784. The smallest absolute Gasteiger partial charge is 0.222 e. The molecule has 0 aromatic carbocycles. The third-order valence-corrected chi connectivity index (χ3v) is 4.28. The van der Waals surface area contributed by atoms with Crippen molar-refractivity contribution in [1.82, 2.24) is 14.7 Å². The van der Waals surface area contributed by atoms with Crippen molar-refractivity contribution in [2.75, 3.05) is 46.9 Å². The molecule has 0 radical (unpaired) electrons. The average Bonchev–Trinajstić information content (AvgIpc) is 2.92. The SMILES string of the molecule is CN(C)[C@@H]1C[C@@H](CO)N(CCN2CCCC2=O)C1. The van der Waals surface area contributed by atoms with E-state index in [1.807, 2.05) is 4.90 Å². The first-order chi connectivity index (χ1) is 8.61. The van der Waals surface area contributed by atoms with Crippen LogP contribution in [0.15, 0.2) is 0 Å². The minimum absolute atomic E-state index is 0.221. The summed E-state index contributed by atoms with van der Waals surface area (Å²) < 4.78 is 0. The van der Waals surface area contributed by atoms with Gasteiger partial charge in [-0.3, -0.25) is 9.69 Å². The lowest BCUT2D eigenvalue weighted by molar-refractivity contribution is -0.127. The number of likely N-dealkylation sites (tertiary alicyclic amines) is 2. The van der Waals surface area contributed by atoms with Gasteiger partial charge < -0.3 is 14.9 Å². The van der Waals surface area contributed by atoms with E-state index in [-0.39, 0.29) is 12.6 Å². The fourth-order valence-electron chi connectivity index (χ4n) is 2.99. The van der Waals surface area contributed by atoms with Crippen molar-refractivity contribution in [3.8, 4) is 0 Å². The van der Waals surface area contributed by atoms with Crippen LogP contribution in [0.1, 0.15) is 19.3 Å². The molecular formula is C13H25N3O2. The highest BCUT2D eigenvalue weighted by atomic mass is 16.3. The van der Waals surface area contributed by atoms with E-state index in [0.29, 0.717) is 18.4 Å². The third-order valence-electron chi connectivity index (χ3n) is 4.28. The first kappa shape index (κ1) is 13.8. The van der Waals surface area contributed by atoms with Crippen LogP contribution in [0.5, 0.6) is 0 Å². The van der Waals surface area contributed by atoms with E-state index in [0.717, 1.165) is 39.0 Å². The van der Waals surface area contributed by atoms with Gasteiger partial charge in [0.05, 0.1) is 6.61 Å². The van der Waals surface area contributed by atoms with E-state index in [9.17, 15) is 9.90 Å². The molecule has 0 aromatic rings. The Morgan fingerprint density at radius 3 is 2.72 bits per heavy atom. The molecule has 0 bridgehead atoms. The lowest BCUT2D eigenvalue weighted by Crippen LogP contribution is -2.40. The Kier molecular flexibility index (Phi) is 4.59. The Hall–Kier alpha value is -0.650. The molecule has 0 saturated carbocycles. The number of nitrogens with zero attached hydrogens (tertiary/aromatic N) is 3. The number of carbonyl (C=O) groups is 1. The van der Waals surface area contributed by atoms with E-state index < -0.39 is 0 Å². The summed E-state index contributed by atoms with van der Waals surface area (Å²) in [5.74, 6) is 0.291. The minimum Gasteiger partial charge on any atom is -0.395 e. The topological polar surface area (TPSA) is 47.0 Å². The van der Waals surface area contributed by atoms with Crippen molar-refractivity contribution < 1.29 is 9.90 Å². The van der Waals surface area contributed by atoms with Crippen LogP contribution in [0.3, 0.4) is 0 Å². The van der Waals surface area contributed by atoms with Crippen molar-refractivity contribution >= 4 is 5.91 Å². The molecule has 0 spiro atoms. The maximum atomic E-state index is 11.6. The second-order valence-electron chi connectivity index (χ2n) is 5.67. The quantitative estimate of drug-likeness (QED) is 0.726. The van der Waals surface area contributed by atoms with Gasteiger partial charge in [0.15, 0.2) is 0 Å². The van der Waals surface area contributed by atoms with Gasteiger partial charge in [-0.2, -0.15) is 0 Å². The fourth-order valence-corrected chi connectivity index (χ4v) is 2.99. The summed E-state index contributed by atoms with van der Waals surface area (Å²) in [6.07, 6.45) is 2.74. The summed E-state index contributed by atoms with van der Waals surface area (Å²) in [6.45, 7) is 3.84. The van der Waals surface area contributed by atoms with Gasteiger partial charge in [-0.25, -0.2) is 0 Å². The maximum Gasteiger partial charge on any atom is 0.222 e. The molecule has 2 rings (SSSR count). The van der Waals surface area contributed by atoms with Crippen LogP contribution in [0.25, 0.3) is 0 Å². The van der Waals surface area contributed by atoms with Crippen molar-refractivity contribution in [1.29, 1.82) is 0 Å². The Morgan fingerprint density at radius 2 is 2.17 bits per heavy atom. The number of carbonyl (C=O) groups excluding carboxylic acids is 1. The average molecular weight is 255 g/mol. The Balaban J connectivity index is 1.82. The van der Waals surface area contributed by atoms with E-state index >= 15 is 0 Å². The van der Waals surface area contributed by atoms with Crippen LogP contribution in [-0.4, -0.2) is 84.7 Å². The van der Waals surface area contributed by atoms with Crippen molar-refractivity contribution in [3.63, 3.8) is 0 Å². The van der Waals surface area contributed by atoms with E-state index in [1.165, 1.54) is 0 Å². The van der Waals surface area contributed by atoms with Gasteiger partial charge in [-0.05, 0) is 26.9 Å². The zero-order chi connectivity index (χ0) is 13.1. The molecule has 18 heavy (non-hydrogen) atoms. The third kappa shape index (κ3) is 3.02. The van der Waals surface area contributed by atoms with Gasteiger partial charge in [-0.1, -0.05) is 0 Å². The summed E-state index contributed by atoms with van der Waals surface area (Å²) >= 11 is 0. The zero-order valence-electron chi connectivity index (χ0n) is 11.5. The normalized spacial score (nSPS) is 29.8. The van der Waals surface area contributed by atoms with Crippen molar-refractivity contribution in [3.05, 3.63) is 0 Å². The maximum absolute atomic E-state index is 11.6. The molecule has 5 nitrogen and oxygen atoms in total. The number of aliphatic hydroxyl groups excluding tert-OH is 1. The molecule has 2 atom stereocenters. The van der Waals surface area contributed by atoms with E-state index in [4.69, 9.17) is 0 Å². The lowest BCUT2D eigenvalue weighted by atomic mass is 10.2. The molecule has 2 saturated heterocycles. The summed E-state index contributed by atoms with van der Waals surface area (Å²) in [7, 11) is 4.18. The molecule has 5 heteroatoms. The monoisotopic (exact) mass is 255 g/mol. The number of amides is 1. The van der Waals surface area contributed by atoms with Crippen LogP contribution in [0.2, 0.25) is 0 Å². The molecule has 2 aliphatic rings. The molecule has 1 N–H and O–H groups in total. The molecule has 104 valence electrons. The molecule has 2 aliphatic heterocycles. The van der Waals surface area contributed by atoms with Crippen molar-refractivity contribution in [2.45, 2.75) is 31.3 Å². The number of likely N-dealkylation sites (N-methyl/N-ethyl adjacent to an activating group) is 1. The molecule has 0 aromatic heterocycles. The van der Waals surface area contributed by atoms with Gasteiger partial charge in [0.25, 0.3) is 0 Å². The van der Waals surface area contributed by atoms with Crippen molar-refractivity contribution in [2.24, 2.45) is 0 Å². The highest BCUT2D eigenvalue weighted by Gasteiger charge is 2.33. The first-order valence-corrected chi connectivity index (χ1v) is 6.91. The van der Waals surface area contributed by atoms with Crippen LogP contribution in [-0.2, 0) is 4.79 Å². The predicted molar refractivity (Wildman–Crippen MR) is 70.4 cm³/mol. The Morgan fingerprint density at radius 1 is 1.39 bits per heavy atom. The minimum atomic E-state index is 0.221. The van der Waals surface area contributed by atoms with Crippen LogP contribution >= 0.6 is 0 Å². The lowest BCUT2D eigenvalue weighted by Gasteiger charge is -2.25. The summed E-state index contributed by atoms with van der Waals surface area (Å²) in [4.78, 5) is 18.1. The number of hydrogen-bond donors (Lipinski definition) is 1. The van der Waals surface area contributed by atoms with Crippen LogP contribution in [0.4, 0.5) is 0 Å². The second kappa shape index (κ2) is 5.99. The van der Waals surface area contributed by atoms with E-state index in [1.54, 1.807) is 0 Å². The highest BCUT2D eigenvalue weighted by Crippen LogP contribution is 2.20. The summed E-state index contributed by atoms with van der Waals surface area (Å²) in [5.41, 5.74) is 0. The molecule has 1 amide bonds. The van der Waals surface area contributed by atoms with Gasteiger partial charge in [0, 0.05) is 44.7 Å². The Labute approximate surface area is 109 Å². The molecular weight excluding hydrogens is 230 g/mol. The fraction of sp³-hybridized carbons (Fsp3) is 0.923. The molecule has 2 fully saturated rings. The van der Waals surface area contributed by atoms with Gasteiger partial charge in [-0.15, -0.1) is 0 Å². The number of aliphatic hydroxyl groups is 1. The van der Waals surface area contributed by atoms with Gasteiger partial charge in [0.1, 0.15) is 0 Å². The predicted octanol–water partition coefficient (Wildman–Crippen LogP) is -0.394. The second-order valence-corrected chi connectivity index (χ2v) is 5.67. The molecule has 2 heterocycles. The molecule has 0 unspecified atom stereocenters. The zero-order valence-corrected chi connectivity index (χ0v) is 11.5. The standard InChI is InChI=1S/C13H25N3O2/c1-14(2)11-8-12(10-17)16(9-11)7-6-15-5-3-4-13(15)18/h11-12,17H,3-10H2,1-2H3/t11-,12+/m1/s1. The van der Waals surface area contributed by atoms with Crippen LogP contribution < -0.4 is 0 Å². The number of rotatable bonds is 5. The largest absolute Gasteiger partial charge is 0.395 e. The van der Waals surface area contributed by atoms with Gasteiger partial charge >= 0.3 is 0 Å². The first-order valence-electron chi connectivity index (χ1n) is 6.91. The van der Waals surface area contributed by atoms with Crippen LogP contribution in [0, 0.1) is 0 Å². The number of hydrogen-bond acceptors (Lipinski definition) is 4. The van der Waals surface area contributed by atoms with Gasteiger partial charge in [0.2, 0.25) is 5.91 Å². The highest BCUT2D eigenvalue weighted by molar-refractivity contribution is 5.78.